The van der Waals surface area contributed by atoms with E-state index in [4.69, 9.17) is 11.6 Å². The van der Waals surface area contributed by atoms with Crippen LogP contribution in [0.5, 0.6) is 0 Å². The molecule has 9 heteroatoms. The Bertz CT molecular complexity index is 1040. The lowest BCUT2D eigenvalue weighted by molar-refractivity contribution is -0.151. The fourth-order valence-corrected chi connectivity index (χ4v) is 3.55. The summed E-state index contributed by atoms with van der Waals surface area (Å²) >= 11 is 6.27. The van der Waals surface area contributed by atoms with Gasteiger partial charge in [0.15, 0.2) is 5.69 Å². The molecule has 1 heterocycles. The van der Waals surface area contributed by atoms with E-state index in [1.807, 2.05) is 48.5 Å². The van der Waals surface area contributed by atoms with E-state index in [1.54, 1.807) is 0 Å². The van der Waals surface area contributed by atoms with E-state index in [0.717, 1.165) is 16.7 Å². The summed E-state index contributed by atoms with van der Waals surface area (Å²) in [4.78, 5) is 24.1. The van der Waals surface area contributed by atoms with Gasteiger partial charge in [0.2, 0.25) is 0 Å². The third-order valence-electron chi connectivity index (χ3n) is 5.17. The van der Waals surface area contributed by atoms with E-state index in [0.29, 0.717) is 11.4 Å². The standard InChI is InChI=1S/C22H23ClN4O4/c1-22(13-28,21(30)31)11-16(25-20(29)19-12-24-27-26-19)10-14-6-8-15(9-7-14)17-4-2-3-5-18(17)23/h2-9,12,16,28H,10-11,13H2,1H3,(H,25,29)(H,30,31)(H,24,26,27)/t16-,22+/m1/s1. The molecule has 3 aromatic rings. The van der Waals surface area contributed by atoms with E-state index in [2.05, 4.69) is 20.7 Å². The van der Waals surface area contributed by atoms with Gasteiger partial charge in [-0.15, -0.1) is 5.10 Å². The van der Waals surface area contributed by atoms with Gasteiger partial charge in [0.1, 0.15) is 0 Å². The van der Waals surface area contributed by atoms with Crippen molar-refractivity contribution in [1.82, 2.24) is 20.7 Å². The normalized spacial score (nSPS) is 13.9. The third-order valence-corrected chi connectivity index (χ3v) is 5.50. The van der Waals surface area contributed by atoms with E-state index < -0.39 is 29.9 Å². The number of carbonyl (C=O) groups excluding carboxylic acids is 1. The van der Waals surface area contributed by atoms with Crippen LogP contribution in [0.25, 0.3) is 11.1 Å². The van der Waals surface area contributed by atoms with Crippen LogP contribution >= 0.6 is 11.6 Å². The Morgan fingerprint density at radius 2 is 1.90 bits per heavy atom. The number of rotatable bonds is 9. The molecule has 0 aliphatic rings. The highest BCUT2D eigenvalue weighted by molar-refractivity contribution is 6.33. The van der Waals surface area contributed by atoms with Crippen molar-refractivity contribution in [3.05, 3.63) is 71.0 Å². The number of aliphatic hydroxyl groups excluding tert-OH is 1. The molecule has 0 saturated carbocycles. The lowest BCUT2D eigenvalue weighted by atomic mass is 9.82. The molecule has 1 aromatic heterocycles. The van der Waals surface area contributed by atoms with Gasteiger partial charge in [-0.1, -0.05) is 59.3 Å². The molecule has 2 atom stereocenters. The highest BCUT2D eigenvalue weighted by Crippen LogP contribution is 2.29. The van der Waals surface area contributed by atoms with Crippen molar-refractivity contribution in [2.24, 2.45) is 5.41 Å². The van der Waals surface area contributed by atoms with Gasteiger partial charge in [-0.05, 0) is 37.0 Å². The predicted molar refractivity (Wildman–Crippen MR) is 116 cm³/mol. The summed E-state index contributed by atoms with van der Waals surface area (Å²) in [5, 5.41) is 32.3. The number of nitrogens with one attached hydrogen (secondary N) is 2. The number of benzene rings is 2. The zero-order chi connectivity index (χ0) is 22.4. The van der Waals surface area contributed by atoms with Crippen LogP contribution in [-0.4, -0.2) is 50.1 Å². The van der Waals surface area contributed by atoms with Gasteiger partial charge in [-0.25, -0.2) is 0 Å². The molecule has 0 aliphatic carbocycles. The summed E-state index contributed by atoms with van der Waals surface area (Å²) in [5.41, 5.74) is 1.44. The molecule has 0 aliphatic heterocycles. The number of halogens is 1. The van der Waals surface area contributed by atoms with E-state index >= 15 is 0 Å². The quantitative estimate of drug-likeness (QED) is 0.403. The number of H-pyrrole nitrogens is 1. The molecule has 2 aromatic carbocycles. The molecule has 0 unspecified atom stereocenters. The number of aliphatic hydroxyl groups is 1. The molecule has 0 saturated heterocycles. The first-order chi connectivity index (χ1) is 14.8. The molecule has 31 heavy (non-hydrogen) atoms. The second-order valence-electron chi connectivity index (χ2n) is 7.64. The molecule has 8 nitrogen and oxygen atoms in total. The Hall–Kier alpha value is -3.23. The van der Waals surface area contributed by atoms with Crippen molar-refractivity contribution < 1.29 is 19.8 Å². The van der Waals surface area contributed by atoms with Crippen molar-refractivity contribution >= 4 is 23.5 Å². The Labute approximate surface area is 184 Å². The third kappa shape index (κ3) is 5.48. The summed E-state index contributed by atoms with van der Waals surface area (Å²) in [7, 11) is 0. The van der Waals surface area contributed by atoms with Crippen LogP contribution in [0.3, 0.4) is 0 Å². The largest absolute Gasteiger partial charge is 0.481 e. The molecule has 3 rings (SSSR count). The van der Waals surface area contributed by atoms with Crippen molar-refractivity contribution in [1.29, 1.82) is 0 Å². The molecule has 4 N–H and O–H groups in total. The maximum atomic E-state index is 12.5. The highest BCUT2D eigenvalue weighted by Gasteiger charge is 2.36. The predicted octanol–water partition coefficient (Wildman–Crippen LogP) is 2.94. The average molecular weight is 443 g/mol. The Kier molecular flexibility index (Phi) is 7.04. The number of carbonyl (C=O) groups is 2. The fourth-order valence-electron chi connectivity index (χ4n) is 3.31. The number of hydrogen-bond donors (Lipinski definition) is 4. The summed E-state index contributed by atoms with van der Waals surface area (Å²) in [6.45, 7) is 0.898. The fraction of sp³-hybridized carbons (Fsp3) is 0.273. The molecule has 0 fully saturated rings. The van der Waals surface area contributed by atoms with Gasteiger partial charge in [0, 0.05) is 16.6 Å². The number of carboxylic acids is 1. The molecule has 0 radical (unpaired) electrons. The molecular weight excluding hydrogens is 420 g/mol. The first kappa shape index (κ1) is 22.5. The monoisotopic (exact) mass is 442 g/mol. The second-order valence-corrected chi connectivity index (χ2v) is 8.05. The van der Waals surface area contributed by atoms with Crippen molar-refractivity contribution in [2.75, 3.05) is 6.61 Å². The van der Waals surface area contributed by atoms with Gasteiger partial charge in [0.05, 0.1) is 18.2 Å². The number of aromatic nitrogens is 3. The van der Waals surface area contributed by atoms with Crippen LogP contribution in [0.1, 0.15) is 29.4 Å². The summed E-state index contributed by atoms with van der Waals surface area (Å²) < 4.78 is 0. The van der Waals surface area contributed by atoms with Gasteiger partial charge >= 0.3 is 5.97 Å². The van der Waals surface area contributed by atoms with Crippen LogP contribution in [0.4, 0.5) is 0 Å². The number of aliphatic carboxylic acids is 1. The lowest BCUT2D eigenvalue weighted by Crippen LogP contribution is -2.44. The minimum Gasteiger partial charge on any atom is -0.481 e. The smallest absolute Gasteiger partial charge is 0.311 e. The number of amides is 1. The number of nitrogens with zero attached hydrogens (tertiary/aromatic N) is 2. The maximum absolute atomic E-state index is 12.5. The Balaban J connectivity index is 1.81. The molecule has 1 amide bonds. The van der Waals surface area contributed by atoms with E-state index in [-0.39, 0.29) is 12.1 Å². The Morgan fingerprint density at radius 3 is 2.48 bits per heavy atom. The first-order valence-corrected chi connectivity index (χ1v) is 10.1. The number of hydrogen-bond acceptors (Lipinski definition) is 5. The number of aromatic amines is 1. The average Bonchev–Trinajstić information content (AvgIpc) is 3.29. The Morgan fingerprint density at radius 1 is 1.19 bits per heavy atom. The molecule has 162 valence electrons. The first-order valence-electron chi connectivity index (χ1n) is 9.68. The van der Waals surface area contributed by atoms with Crippen molar-refractivity contribution in [3.8, 4) is 11.1 Å². The molecule has 0 spiro atoms. The summed E-state index contributed by atoms with van der Waals surface area (Å²) in [6.07, 6.45) is 1.76. The van der Waals surface area contributed by atoms with E-state index in [9.17, 15) is 19.8 Å². The van der Waals surface area contributed by atoms with Gasteiger partial charge in [0.25, 0.3) is 5.91 Å². The SMILES string of the molecule is C[C@@](CO)(C[C@@H](Cc1ccc(-c2ccccc2Cl)cc1)NC(=O)c1c[nH]nn1)C(=O)O. The molecular formula is C22H23ClN4O4. The van der Waals surface area contributed by atoms with Crippen LogP contribution < -0.4 is 5.32 Å². The van der Waals surface area contributed by atoms with Gasteiger partial charge in [-0.3, -0.25) is 14.7 Å². The van der Waals surface area contributed by atoms with Gasteiger partial charge < -0.3 is 15.5 Å². The zero-order valence-corrected chi connectivity index (χ0v) is 17.6. The topological polar surface area (TPSA) is 128 Å². The molecule has 0 bridgehead atoms. The van der Waals surface area contributed by atoms with Crippen molar-refractivity contribution in [3.63, 3.8) is 0 Å². The maximum Gasteiger partial charge on any atom is 0.311 e. The van der Waals surface area contributed by atoms with Crippen LogP contribution in [0, 0.1) is 5.41 Å². The minimum absolute atomic E-state index is 0.0364. The summed E-state index contributed by atoms with van der Waals surface area (Å²) in [6, 6.07) is 14.6. The lowest BCUT2D eigenvalue weighted by Gasteiger charge is -2.28. The minimum atomic E-state index is -1.40. The van der Waals surface area contributed by atoms with Crippen molar-refractivity contribution in [2.45, 2.75) is 25.8 Å². The van der Waals surface area contributed by atoms with E-state index in [1.165, 1.54) is 13.1 Å². The van der Waals surface area contributed by atoms with Crippen LogP contribution in [0.15, 0.2) is 54.7 Å². The summed E-state index contributed by atoms with van der Waals surface area (Å²) in [5.74, 6) is -1.61. The zero-order valence-electron chi connectivity index (χ0n) is 16.9. The van der Waals surface area contributed by atoms with Crippen LogP contribution in [0.2, 0.25) is 5.02 Å². The highest BCUT2D eigenvalue weighted by atomic mass is 35.5. The van der Waals surface area contributed by atoms with Gasteiger partial charge in [-0.2, -0.15) is 0 Å². The van der Waals surface area contributed by atoms with Crippen LogP contribution in [-0.2, 0) is 11.2 Å². The number of carboxylic acid groups (broad SMARTS) is 1. The second kappa shape index (κ2) is 9.72.